The molecule has 3 heterocycles. The van der Waals surface area contributed by atoms with Crippen LogP contribution in [0, 0.1) is 5.82 Å². The van der Waals surface area contributed by atoms with Gasteiger partial charge in [0.1, 0.15) is 12.4 Å². The third kappa shape index (κ3) is 3.96. The van der Waals surface area contributed by atoms with Gasteiger partial charge in [-0.2, -0.15) is 0 Å². The smallest absolute Gasteiger partial charge is 0.254 e. The number of nitrogens with zero attached hydrogens (tertiary/aromatic N) is 4. The number of hydrogen-bond acceptors (Lipinski definition) is 5. The van der Waals surface area contributed by atoms with Gasteiger partial charge < -0.3 is 9.80 Å². The molecule has 0 saturated carbocycles. The highest BCUT2D eigenvalue weighted by molar-refractivity contribution is 7.13. The lowest BCUT2D eigenvalue weighted by Crippen LogP contribution is -2.50. The van der Waals surface area contributed by atoms with E-state index in [0.717, 1.165) is 10.6 Å². The average molecular weight is 398 g/mol. The topological polar surface area (TPSA) is 58.4 Å². The van der Waals surface area contributed by atoms with E-state index in [-0.39, 0.29) is 23.8 Å². The Morgan fingerprint density at radius 1 is 1.11 bits per heavy atom. The van der Waals surface area contributed by atoms with E-state index in [4.69, 9.17) is 0 Å². The van der Waals surface area contributed by atoms with Crippen LogP contribution in [-0.4, -0.2) is 46.5 Å². The first-order valence-electron chi connectivity index (χ1n) is 8.99. The van der Waals surface area contributed by atoms with Gasteiger partial charge in [-0.05, 0) is 35.7 Å². The average Bonchev–Trinajstić information content (AvgIpc) is 3.25. The van der Waals surface area contributed by atoms with E-state index >= 15 is 0 Å². The maximum Gasteiger partial charge on any atom is 0.254 e. The van der Waals surface area contributed by atoms with Gasteiger partial charge in [-0.15, -0.1) is 11.3 Å². The summed E-state index contributed by atoms with van der Waals surface area (Å²) < 4.78 is 14.4. The molecule has 144 valence electrons. The first kappa shape index (κ1) is 18.4. The summed E-state index contributed by atoms with van der Waals surface area (Å²) in [4.78, 5) is 34.0. The minimum Gasteiger partial charge on any atom is -0.368 e. The fourth-order valence-electron chi connectivity index (χ4n) is 3.22. The molecule has 0 spiro atoms. The summed E-state index contributed by atoms with van der Waals surface area (Å²) >= 11 is 1.52. The molecule has 0 atom stereocenters. The summed E-state index contributed by atoms with van der Waals surface area (Å²) in [6.45, 7) is 2.44. The van der Waals surface area contributed by atoms with E-state index in [1.165, 1.54) is 40.4 Å². The van der Waals surface area contributed by atoms with Gasteiger partial charge in [0, 0.05) is 37.9 Å². The van der Waals surface area contributed by atoms with Crippen molar-refractivity contribution in [3.8, 4) is 10.6 Å². The molecule has 1 saturated heterocycles. The molecular formula is C20H19FN4O2S. The molecule has 3 aromatic rings. The Hall–Kier alpha value is -3.00. The number of amides is 1. The summed E-state index contributed by atoms with van der Waals surface area (Å²) in [5, 5.41) is 1.93. The highest BCUT2D eigenvalue weighted by atomic mass is 32.1. The van der Waals surface area contributed by atoms with E-state index in [9.17, 15) is 14.0 Å². The highest BCUT2D eigenvalue weighted by Gasteiger charge is 2.22. The summed E-state index contributed by atoms with van der Waals surface area (Å²) in [6.07, 6.45) is 1.43. The lowest BCUT2D eigenvalue weighted by molar-refractivity contribution is -0.132. The second-order valence-corrected chi connectivity index (χ2v) is 7.51. The van der Waals surface area contributed by atoms with Gasteiger partial charge in [0.05, 0.1) is 16.9 Å². The van der Waals surface area contributed by atoms with Gasteiger partial charge in [-0.25, -0.2) is 9.37 Å². The van der Waals surface area contributed by atoms with Crippen molar-refractivity contribution in [1.82, 2.24) is 14.5 Å². The highest BCUT2D eigenvalue weighted by Crippen LogP contribution is 2.21. The number of benzene rings is 1. The number of carbonyl (C=O) groups excluding carboxylic acids is 1. The molecule has 1 aliphatic heterocycles. The third-order valence-corrected chi connectivity index (χ3v) is 5.68. The third-order valence-electron chi connectivity index (χ3n) is 4.78. The van der Waals surface area contributed by atoms with Crippen LogP contribution in [0.15, 0.2) is 59.0 Å². The fourth-order valence-corrected chi connectivity index (χ4v) is 3.91. The first-order valence-corrected chi connectivity index (χ1v) is 9.87. The quantitative estimate of drug-likeness (QED) is 0.678. The number of aromatic nitrogens is 2. The standard InChI is InChI=1S/C20H19FN4O2S/c21-15-3-5-16(6-4-15)23-7-9-24(10-8-23)20(27)13-25-14-22-17(12-19(25)26)18-2-1-11-28-18/h1-6,11-12,14H,7-10,13H2. The van der Waals surface area contributed by atoms with Crippen LogP contribution in [-0.2, 0) is 11.3 Å². The Labute approximate surface area is 165 Å². The van der Waals surface area contributed by atoms with Crippen LogP contribution >= 0.6 is 11.3 Å². The Kier molecular flexibility index (Phi) is 5.21. The van der Waals surface area contributed by atoms with Crippen LogP contribution in [0.3, 0.4) is 0 Å². The molecule has 1 amide bonds. The van der Waals surface area contributed by atoms with E-state index in [1.54, 1.807) is 17.0 Å². The number of anilines is 1. The fraction of sp³-hybridized carbons (Fsp3) is 0.250. The van der Waals surface area contributed by atoms with Crippen LogP contribution in [0.25, 0.3) is 10.6 Å². The predicted molar refractivity (Wildman–Crippen MR) is 107 cm³/mol. The molecule has 6 nitrogen and oxygen atoms in total. The molecule has 1 fully saturated rings. The zero-order valence-corrected chi connectivity index (χ0v) is 15.9. The Morgan fingerprint density at radius 2 is 1.86 bits per heavy atom. The molecule has 0 unspecified atom stereocenters. The van der Waals surface area contributed by atoms with Crippen molar-refractivity contribution in [3.63, 3.8) is 0 Å². The number of rotatable bonds is 4. The molecule has 0 bridgehead atoms. The van der Waals surface area contributed by atoms with E-state index in [0.29, 0.717) is 31.9 Å². The van der Waals surface area contributed by atoms with Crippen LogP contribution in [0.2, 0.25) is 0 Å². The Balaban J connectivity index is 1.37. The van der Waals surface area contributed by atoms with Crippen molar-refractivity contribution in [3.05, 3.63) is 70.3 Å². The van der Waals surface area contributed by atoms with E-state index in [1.807, 2.05) is 17.5 Å². The molecule has 28 heavy (non-hydrogen) atoms. The van der Waals surface area contributed by atoms with Gasteiger partial charge in [-0.1, -0.05) is 6.07 Å². The molecular weight excluding hydrogens is 379 g/mol. The second-order valence-electron chi connectivity index (χ2n) is 6.56. The zero-order valence-electron chi connectivity index (χ0n) is 15.1. The van der Waals surface area contributed by atoms with Crippen LogP contribution in [0.5, 0.6) is 0 Å². The maximum atomic E-state index is 13.1. The lowest BCUT2D eigenvalue weighted by atomic mass is 10.2. The second kappa shape index (κ2) is 7.93. The van der Waals surface area contributed by atoms with Crippen molar-refractivity contribution in [2.24, 2.45) is 0 Å². The van der Waals surface area contributed by atoms with Gasteiger partial charge in [0.25, 0.3) is 5.56 Å². The van der Waals surface area contributed by atoms with Crippen molar-refractivity contribution in [1.29, 1.82) is 0 Å². The number of thiophene rings is 1. The summed E-state index contributed by atoms with van der Waals surface area (Å²) in [5.41, 5.74) is 1.33. The van der Waals surface area contributed by atoms with E-state index < -0.39 is 0 Å². The largest absolute Gasteiger partial charge is 0.368 e. The van der Waals surface area contributed by atoms with Crippen LogP contribution in [0.4, 0.5) is 10.1 Å². The SMILES string of the molecule is O=C(Cn1cnc(-c2cccs2)cc1=O)N1CCN(c2ccc(F)cc2)CC1. The predicted octanol–water partition coefficient (Wildman–Crippen LogP) is 2.46. The Bertz CT molecular complexity index is 1010. The lowest BCUT2D eigenvalue weighted by Gasteiger charge is -2.36. The van der Waals surface area contributed by atoms with Crippen molar-refractivity contribution >= 4 is 22.9 Å². The normalized spacial score (nSPS) is 14.3. The molecule has 0 aliphatic carbocycles. The number of halogens is 1. The molecule has 0 radical (unpaired) electrons. The number of carbonyl (C=O) groups is 1. The molecule has 2 aromatic heterocycles. The Morgan fingerprint density at radius 3 is 2.50 bits per heavy atom. The molecule has 8 heteroatoms. The maximum absolute atomic E-state index is 13.1. The first-order chi connectivity index (χ1) is 13.6. The summed E-state index contributed by atoms with van der Waals surface area (Å²) in [7, 11) is 0. The van der Waals surface area contributed by atoms with Crippen LogP contribution < -0.4 is 10.5 Å². The summed E-state index contributed by atoms with van der Waals surface area (Å²) in [6, 6.07) is 11.6. The molecule has 4 rings (SSSR count). The number of piperazine rings is 1. The van der Waals surface area contributed by atoms with Gasteiger partial charge in [0.15, 0.2) is 0 Å². The van der Waals surface area contributed by atoms with Crippen molar-refractivity contribution in [2.75, 3.05) is 31.1 Å². The minimum atomic E-state index is -0.262. The van der Waals surface area contributed by atoms with E-state index in [2.05, 4.69) is 9.88 Å². The molecule has 1 aliphatic rings. The molecule has 0 N–H and O–H groups in total. The van der Waals surface area contributed by atoms with Gasteiger partial charge in [0.2, 0.25) is 5.91 Å². The monoisotopic (exact) mass is 398 g/mol. The van der Waals surface area contributed by atoms with Crippen LogP contribution in [0.1, 0.15) is 0 Å². The van der Waals surface area contributed by atoms with Gasteiger partial charge in [-0.3, -0.25) is 14.2 Å². The minimum absolute atomic E-state index is 0.0207. The van der Waals surface area contributed by atoms with Crippen molar-refractivity contribution < 1.29 is 9.18 Å². The van der Waals surface area contributed by atoms with Crippen molar-refractivity contribution in [2.45, 2.75) is 6.54 Å². The summed E-state index contributed by atoms with van der Waals surface area (Å²) in [5.74, 6) is -0.367. The zero-order chi connectivity index (χ0) is 19.5. The number of hydrogen-bond donors (Lipinski definition) is 0. The molecule has 1 aromatic carbocycles. The van der Waals surface area contributed by atoms with Gasteiger partial charge >= 0.3 is 0 Å².